The first-order chi connectivity index (χ1) is 13.5. The minimum Gasteiger partial charge on any atom is -0.478 e. The average Bonchev–Trinajstić information content (AvgIpc) is 3.20. The van der Waals surface area contributed by atoms with Gasteiger partial charge in [-0.2, -0.15) is 0 Å². The van der Waals surface area contributed by atoms with Gasteiger partial charge in [-0.25, -0.2) is 14.6 Å². The standard InChI is InChI=1S/C16H23N3O.C4H4O4/c1-3-18(4-2)11-12-19(14-15-8-7-13-20-15)16-9-5-6-10-17-16;5-3(6)1-2-4(7)8/h5-10,13H,3-4,11-12,14H2,1-2H3;1-2H,(H,5,6)(H,7,8)/b;2-1+. The molecule has 0 radical (unpaired) electrons. The van der Waals surface area contributed by atoms with Gasteiger partial charge in [0.2, 0.25) is 0 Å². The molecule has 2 rings (SSSR count). The molecule has 0 saturated heterocycles. The molecule has 0 aromatic carbocycles. The van der Waals surface area contributed by atoms with Crippen molar-refractivity contribution >= 4 is 17.8 Å². The molecule has 0 fully saturated rings. The van der Waals surface area contributed by atoms with Gasteiger partial charge in [0.15, 0.2) is 0 Å². The summed E-state index contributed by atoms with van der Waals surface area (Å²) in [5.74, 6) is -0.550. The fourth-order valence-corrected chi connectivity index (χ4v) is 2.35. The van der Waals surface area contributed by atoms with Crippen molar-refractivity contribution in [2.75, 3.05) is 31.1 Å². The Morgan fingerprint density at radius 3 is 2.18 bits per heavy atom. The van der Waals surface area contributed by atoms with Gasteiger partial charge in [0.25, 0.3) is 0 Å². The maximum absolute atomic E-state index is 9.55. The van der Waals surface area contributed by atoms with Gasteiger partial charge >= 0.3 is 11.9 Å². The van der Waals surface area contributed by atoms with Crippen LogP contribution in [0.4, 0.5) is 5.82 Å². The lowest BCUT2D eigenvalue weighted by Gasteiger charge is -2.26. The van der Waals surface area contributed by atoms with E-state index in [1.165, 1.54) is 0 Å². The van der Waals surface area contributed by atoms with E-state index in [4.69, 9.17) is 14.6 Å². The van der Waals surface area contributed by atoms with Crippen LogP contribution in [0.15, 0.2) is 59.4 Å². The third kappa shape index (κ3) is 9.54. The van der Waals surface area contributed by atoms with Gasteiger partial charge in [-0.1, -0.05) is 19.9 Å². The third-order valence-electron chi connectivity index (χ3n) is 3.85. The number of carboxylic acids is 2. The molecule has 0 spiro atoms. The SMILES string of the molecule is CCN(CC)CCN(Cc1ccco1)c1ccccn1.O=C(O)/C=C/C(=O)O. The van der Waals surface area contributed by atoms with Crippen LogP contribution in [0.3, 0.4) is 0 Å². The van der Waals surface area contributed by atoms with E-state index in [0.29, 0.717) is 12.2 Å². The molecule has 0 atom stereocenters. The predicted octanol–water partition coefficient (Wildman–Crippen LogP) is 2.73. The van der Waals surface area contributed by atoms with Gasteiger partial charge in [0.05, 0.1) is 12.8 Å². The fourth-order valence-electron chi connectivity index (χ4n) is 2.35. The Balaban J connectivity index is 0.000000416. The Bertz CT molecular complexity index is 697. The van der Waals surface area contributed by atoms with Crippen LogP contribution in [-0.2, 0) is 16.1 Å². The van der Waals surface area contributed by atoms with E-state index in [2.05, 4.69) is 28.6 Å². The molecular weight excluding hydrogens is 362 g/mol. The van der Waals surface area contributed by atoms with Crippen molar-refractivity contribution in [2.45, 2.75) is 20.4 Å². The molecule has 0 aliphatic rings. The van der Waals surface area contributed by atoms with Crippen molar-refractivity contribution in [2.24, 2.45) is 0 Å². The van der Waals surface area contributed by atoms with Crippen molar-refractivity contribution in [3.63, 3.8) is 0 Å². The van der Waals surface area contributed by atoms with E-state index in [1.807, 2.05) is 36.5 Å². The lowest BCUT2D eigenvalue weighted by Crippen LogP contribution is -2.35. The number of anilines is 1. The van der Waals surface area contributed by atoms with Gasteiger partial charge in [-0.15, -0.1) is 0 Å². The maximum atomic E-state index is 9.55. The molecule has 152 valence electrons. The highest BCUT2D eigenvalue weighted by molar-refractivity contribution is 5.89. The minimum absolute atomic E-state index is 0.558. The summed E-state index contributed by atoms with van der Waals surface area (Å²) in [6.45, 7) is 9.28. The number of aromatic nitrogens is 1. The number of likely N-dealkylation sites (N-methyl/N-ethyl adjacent to an activating group) is 1. The molecule has 2 aromatic rings. The molecule has 8 heteroatoms. The summed E-state index contributed by atoms with van der Waals surface area (Å²) >= 11 is 0. The maximum Gasteiger partial charge on any atom is 0.328 e. The lowest BCUT2D eigenvalue weighted by molar-refractivity contribution is -0.134. The molecule has 0 aliphatic heterocycles. The van der Waals surface area contributed by atoms with Crippen molar-refractivity contribution in [1.82, 2.24) is 9.88 Å². The van der Waals surface area contributed by atoms with Crippen LogP contribution in [0, 0.1) is 0 Å². The van der Waals surface area contributed by atoms with Crippen LogP contribution in [0.5, 0.6) is 0 Å². The second-order valence-electron chi connectivity index (χ2n) is 5.73. The van der Waals surface area contributed by atoms with Gasteiger partial charge in [-0.3, -0.25) is 0 Å². The number of furan rings is 1. The lowest BCUT2D eigenvalue weighted by atomic mass is 10.3. The van der Waals surface area contributed by atoms with Gasteiger partial charge in [0.1, 0.15) is 11.6 Å². The van der Waals surface area contributed by atoms with Crippen molar-refractivity contribution in [3.05, 3.63) is 60.7 Å². The first-order valence-corrected chi connectivity index (χ1v) is 9.00. The van der Waals surface area contributed by atoms with Crippen LogP contribution < -0.4 is 4.90 Å². The van der Waals surface area contributed by atoms with Gasteiger partial charge in [0, 0.05) is 31.4 Å². The largest absolute Gasteiger partial charge is 0.478 e. The molecule has 2 N–H and O–H groups in total. The second-order valence-corrected chi connectivity index (χ2v) is 5.73. The summed E-state index contributed by atoms with van der Waals surface area (Å²) in [6, 6.07) is 9.95. The van der Waals surface area contributed by atoms with Crippen LogP contribution in [-0.4, -0.2) is 58.2 Å². The quantitative estimate of drug-likeness (QED) is 0.597. The third-order valence-corrected chi connectivity index (χ3v) is 3.85. The molecule has 0 unspecified atom stereocenters. The average molecular weight is 389 g/mol. The van der Waals surface area contributed by atoms with Crippen LogP contribution in [0.1, 0.15) is 19.6 Å². The molecule has 8 nitrogen and oxygen atoms in total. The van der Waals surface area contributed by atoms with Crippen LogP contribution in [0.2, 0.25) is 0 Å². The van der Waals surface area contributed by atoms with Gasteiger partial charge < -0.3 is 24.4 Å². The Labute approximate surface area is 164 Å². The zero-order valence-electron chi connectivity index (χ0n) is 16.2. The van der Waals surface area contributed by atoms with Crippen molar-refractivity contribution in [3.8, 4) is 0 Å². The van der Waals surface area contributed by atoms with Gasteiger partial charge in [-0.05, 0) is 37.4 Å². The molecule has 28 heavy (non-hydrogen) atoms. The number of hydrogen-bond acceptors (Lipinski definition) is 6. The van der Waals surface area contributed by atoms with E-state index in [1.54, 1.807) is 6.26 Å². The fraction of sp³-hybridized carbons (Fsp3) is 0.350. The smallest absolute Gasteiger partial charge is 0.328 e. The Kier molecular flexibility index (Phi) is 10.7. The number of hydrogen-bond donors (Lipinski definition) is 2. The van der Waals surface area contributed by atoms with E-state index in [9.17, 15) is 9.59 Å². The molecule has 2 heterocycles. The van der Waals surface area contributed by atoms with E-state index < -0.39 is 11.9 Å². The van der Waals surface area contributed by atoms with Crippen LogP contribution >= 0.6 is 0 Å². The molecule has 0 aliphatic carbocycles. The van der Waals surface area contributed by atoms with E-state index in [0.717, 1.165) is 44.3 Å². The number of nitrogens with zero attached hydrogens (tertiary/aromatic N) is 3. The first-order valence-electron chi connectivity index (χ1n) is 9.00. The van der Waals surface area contributed by atoms with Crippen LogP contribution in [0.25, 0.3) is 0 Å². The summed E-state index contributed by atoms with van der Waals surface area (Å²) in [5, 5.41) is 15.6. The number of carboxylic acid groups (broad SMARTS) is 2. The highest BCUT2D eigenvalue weighted by atomic mass is 16.4. The summed E-state index contributed by atoms with van der Waals surface area (Å²) in [7, 11) is 0. The summed E-state index contributed by atoms with van der Waals surface area (Å²) in [6.07, 6.45) is 4.67. The summed E-state index contributed by atoms with van der Waals surface area (Å²) in [4.78, 5) is 28.2. The first kappa shape index (κ1) is 22.9. The van der Waals surface area contributed by atoms with E-state index >= 15 is 0 Å². The highest BCUT2D eigenvalue weighted by Gasteiger charge is 2.11. The minimum atomic E-state index is -1.26. The normalized spacial score (nSPS) is 10.5. The summed E-state index contributed by atoms with van der Waals surface area (Å²) in [5.41, 5.74) is 0. The van der Waals surface area contributed by atoms with Crippen molar-refractivity contribution < 1.29 is 24.2 Å². The number of carbonyl (C=O) groups is 2. The summed E-state index contributed by atoms with van der Waals surface area (Å²) < 4.78 is 5.46. The monoisotopic (exact) mass is 389 g/mol. The molecule has 0 amide bonds. The highest BCUT2D eigenvalue weighted by Crippen LogP contribution is 2.14. The Hall–Kier alpha value is -3.13. The Morgan fingerprint density at radius 2 is 1.71 bits per heavy atom. The number of rotatable bonds is 10. The zero-order chi connectivity index (χ0) is 20.8. The molecule has 2 aromatic heterocycles. The molecule has 0 saturated carbocycles. The molecule has 0 bridgehead atoms. The number of pyridine rings is 1. The van der Waals surface area contributed by atoms with Crippen molar-refractivity contribution in [1.29, 1.82) is 0 Å². The number of aliphatic carboxylic acids is 2. The zero-order valence-corrected chi connectivity index (χ0v) is 16.2. The van der Waals surface area contributed by atoms with E-state index in [-0.39, 0.29) is 0 Å². The second kappa shape index (κ2) is 13.1. The Morgan fingerprint density at radius 1 is 1.04 bits per heavy atom. The molecular formula is C20H27N3O5. The predicted molar refractivity (Wildman–Crippen MR) is 106 cm³/mol. The topological polar surface area (TPSA) is 107 Å².